The Balaban J connectivity index is 1.76. The summed E-state index contributed by atoms with van der Waals surface area (Å²) in [5.74, 6) is 0.907. The van der Waals surface area contributed by atoms with E-state index in [1.165, 1.54) is 0 Å². The predicted molar refractivity (Wildman–Crippen MR) is 112 cm³/mol. The van der Waals surface area contributed by atoms with Crippen LogP contribution in [-0.2, 0) is 29.7 Å². The Bertz CT molecular complexity index is 790. The van der Waals surface area contributed by atoms with Gasteiger partial charge in [-0.15, -0.1) is 0 Å². The molecule has 3 rings (SSSR count). The fourth-order valence-corrected chi connectivity index (χ4v) is 4.00. The molecule has 0 saturated heterocycles. The number of aryl methyl sites for hydroxylation is 1. The van der Waals surface area contributed by atoms with E-state index in [1.807, 2.05) is 49.0 Å². The predicted octanol–water partition coefficient (Wildman–Crippen LogP) is 3.96. The van der Waals surface area contributed by atoms with E-state index in [0.29, 0.717) is 13.1 Å². The van der Waals surface area contributed by atoms with Crippen molar-refractivity contribution in [2.75, 3.05) is 6.54 Å². The first kappa shape index (κ1) is 21.2. The van der Waals surface area contributed by atoms with Gasteiger partial charge in [0.1, 0.15) is 12.3 Å². The molecule has 2 aromatic heterocycles. The Morgan fingerprint density at radius 1 is 1.21 bits per heavy atom. The van der Waals surface area contributed by atoms with Crippen molar-refractivity contribution in [3.63, 3.8) is 0 Å². The third-order valence-electron chi connectivity index (χ3n) is 6.10. The Kier molecular flexibility index (Phi) is 7.18. The quantitative estimate of drug-likeness (QED) is 0.641. The van der Waals surface area contributed by atoms with Gasteiger partial charge >= 0.3 is 0 Å². The highest BCUT2D eigenvalue weighted by molar-refractivity contribution is 5.86. The van der Waals surface area contributed by atoms with E-state index < -0.39 is 0 Å². The zero-order valence-corrected chi connectivity index (χ0v) is 17.8. The summed E-state index contributed by atoms with van der Waals surface area (Å²) in [5, 5.41) is 0. The van der Waals surface area contributed by atoms with Gasteiger partial charge in [-0.05, 0) is 50.5 Å². The maximum Gasteiger partial charge on any atom is 0.242 e. The molecule has 0 spiro atoms. The van der Waals surface area contributed by atoms with Crippen molar-refractivity contribution in [1.29, 1.82) is 0 Å². The highest BCUT2D eigenvalue weighted by atomic mass is 16.3. The van der Waals surface area contributed by atoms with Crippen LogP contribution in [-0.4, -0.2) is 38.8 Å². The van der Waals surface area contributed by atoms with Crippen molar-refractivity contribution in [2.45, 2.75) is 65.1 Å². The molecule has 1 atom stereocenters. The molecule has 2 aromatic rings. The molecule has 0 unspecified atom stereocenters. The molecule has 0 N–H and O–H groups in total. The third kappa shape index (κ3) is 5.31. The van der Waals surface area contributed by atoms with Crippen LogP contribution in [0.15, 0.2) is 41.1 Å². The highest BCUT2D eigenvalue weighted by Crippen LogP contribution is 2.27. The number of nitrogens with zero attached hydrogens (tertiary/aromatic N) is 3. The van der Waals surface area contributed by atoms with Gasteiger partial charge in [0, 0.05) is 30.9 Å². The summed E-state index contributed by atoms with van der Waals surface area (Å²) in [5.41, 5.74) is 1.04. The molecule has 1 fully saturated rings. The van der Waals surface area contributed by atoms with Crippen LogP contribution in [0.25, 0.3) is 0 Å². The van der Waals surface area contributed by atoms with E-state index in [2.05, 4.69) is 6.92 Å². The molecule has 1 aliphatic carbocycles. The summed E-state index contributed by atoms with van der Waals surface area (Å²) in [6.45, 7) is 5.09. The fraction of sp³-hybridized carbons (Fsp3) is 0.565. The van der Waals surface area contributed by atoms with Gasteiger partial charge in [-0.1, -0.05) is 19.8 Å². The van der Waals surface area contributed by atoms with Crippen LogP contribution >= 0.6 is 0 Å². The molecule has 1 aliphatic rings. The van der Waals surface area contributed by atoms with Crippen LogP contribution in [0.4, 0.5) is 0 Å². The van der Waals surface area contributed by atoms with Gasteiger partial charge in [0.15, 0.2) is 0 Å². The molecular weight excluding hydrogens is 366 g/mol. The van der Waals surface area contributed by atoms with Crippen molar-refractivity contribution < 1.29 is 14.0 Å². The summed E-state index contributed by atoms with van der Waals surface area (Å²) in [6, 6.07) is 7.74. The molecule has 0 aromatic carbocycles. The maximum absolute atomic E-state index is 13.3. The number of carbonyl (C=O) groups excluding carboxylic acids is 2. The van der Waals surface area contributed by atoms with Gasteiger partial charge in [-0.2, -0.15) is 0 Å². The standard InChI is InChI=1S/C23H33N3O3/c1-4-18(2)26(23(28)19-9-5-6-10-19)17-22(27)25(16-21-12-8-14-29-21)15-20-11-7-13-24(20)3/h7-8,11-14,18-19H,4-6,9-10,15-17H2,1-3H3/t18-/m1/s1. The average molecular weight is 400 g/mol. The van der Waals surface area contributed by atoms with Crippen molar-refractivity contribution in [3.8, 4) is 0 Å². The average Bonchev–Trinajstić information content (AvgIpc) is 3.48. The van der Waals surface area contributed by atoms with Crippen molar-refractivity contribution in [3.05, 3.63) is 48.2 Å². The van der Waals surface area contributed by atoms with E-state index in [9.17, 15) is 9.59 Å². The van der Waals surface area contributed by atoms with Crippen LogP contribution in [0.5, 0.6) is 0 Å². The first-order valence-corrected chi connectivity index (χ1v) is 10.7. The number of hydrogen-bond acceptors (Lipinski definition) is 3. The summed E-state index contributed by atoms with van der Waals surface area (Å²) in [7, 11) is 1.97. The maximum atomic E-state index is 13.3. The van der Waals surface area contributed by atoms with Crippen molar-refractivity contribution in [1.82, 2.24) is 14.4 Å². The highest BCUT2D eigenvalue weighted by Gasteiger charge is 2.32. The van der Waals surface area contributed by atoms with Gasteiger partial charge < -0.3 is 18.8 Å². The van der Waals surface area contributed by atoms with Crippen LogP contribution in [0, 0.1) is 5.92 Å². The molecule has 2 heterocycles. The molecule has 2 amide bonds. The van der Waals surface area contributed by atoms with Gasteiger partial charge in [-0.25, -0.2) is 0 Å². The molecule has 0 bridgehead atoms. The SMILES string of the molecule is CC[C@@H](C)N(CC(=O)N(Cc1ccco1)Cc1cccn1C)C(=O)C1CCCC1. The van der Waals surface area contributed by atoms with E-state index >= 15 is 0 Å². The van der Waals surface area contributed by atoms with E-state index in [1.54, 1.807) is 16.1 Å². The topological polar surface area (TPSA) is 58.7 Å². The van der Waals surface area contributed by atoms with Crippen molar-refractivity contribution in [2.24, 2.45) is 13.0 Å². The van der Waals surface area contributed by atoms with E-state index in [0.717, 1.165) is 43.6 Å². The molecule has 29 heavy (non-hydrogen) atoms. The minimum absolute atomic E-state index is 0.0470. The minimum Gasteiger partial charge on any atom is -0.467 e. The van der Waals surface area contributed by atoms with Gasteiger partial charge in [-0.3, -0.25) is 9.59 Å². The number of carbonyl (C=O) groups is 2. The van der Waals surface area contributed by atoms with Crippen LogP contribution in [0.2, 0.25) is 0 Å². The number of amides is 2. The normalized spacial score (nSPS) is 15.4. The Morgan fingerprint density at radius 2 is 1.97 bits per heavy atom. The van der Waals surface area contributed by atoms with Crippen LogP contribution < -0.4 is 0 Å². The summed E-state index contributed by atoms with van der Waals surface area (Å²) < 4.78 is 7.50. The van der Waals surface area contributed by atoms with Gasteiger partial charge in [0.2, 0.25) is 11.8 Å². The summed E-state index contributed by atoms with van der Waals surface area (Å²) in [4.78, 5) is 30.1. The van der Waals surface area contributed by atoms with Crippen molar-refractivity contribution >= 4 is 11.8 Å². The zero-order chi connectivity index (χ0) is 20.8. The van der Waals surface area contributed by atoms with E-state index in [-0.39, 0.29) is 30.3 Å². The third-order valence-corrected chi connectivity index (χ3v) is 6.10. The summed E-state index contributed by atoms with van der Waals surface area (Å²) in [6.07, 6.45) is 8.53. The minimum atomic E-state index is -0.0470. The Labute approximate surface area is 173 Å². The molecule has 158 valence electrons. The first-order chi connectivity index (χ1) is 14.0. The second-order valence-electron chi connectivity index (χ2n) is 8.14. The number of aromatic nitrogens is 1. The molecule has 0 radical (unpaired) electrons. The molecule has 6 heteroatoms. The Hall–Kier alpha value is -2.50. The fourth-order valence-electron chi connectivity index (χ4n) is 4.00. The van der Waals surface area contributed by atoms with Crippen LogP contribution in [0.1, 0.15) is 57.4 Å². The number of hydrogen-bond donors (Lipinski definition) is 0. The monoisotopic (exact) mass is 399 g/mol. The lowest BCUT2D eigenvalue weighted by Gasteiger charge is -2.33. The van der Waals surface area contributed by atoms with Gasteiger partial charge in [0.05, 0.1) is 19.4 Å². The number of furan rings is 1. The van der Waals surface area contributed by atoms with Gasteiger partial charge in [0.25, 0.3) is 0 Å². The lowest BCUT2D eigenvalue weighted by molar-refractivity contribution is -0.145. The molecule has 0 aliphatic heterocycles. The summed E-state index contributed by atoms with van der Waals surface area (Å²) >= 11 is 0. The lowest BCUT2D eigenvalue weighted by atomic mass is 10.0. The van der Waals surface area contributed by atoms with E-state index in [4.69, 9.17) is 4.42 Å². The second-order valence-corrected chi connectivity index (χ2v) is 8.14. The largest absolute Gasteiger partial charge is 0.467 e. The lowest BCUT2D eigenvalue weighted by Crippen LogP contribution is -2.48. The molecule has 6 nitrogen and oxygen atoms in total. The second kappa shape index (κ2) is 9.81. The first-order valence-electron chi connectivity index (χ1n) is 10.7. The Morgan fingerprint density at radius 3 is 2.55 bits per heavy atom. The van der Waals surface area contributed by atoms with Crippen LogP contribution in [0.3, 0.4) is 0 Å². The zero-order valence-electron chi connectivity index (χ0n) is 17.8. The molecular formula is C23H33N3O3. The number of rotatable bonds is 9. The molecule has 1 saturated carbocycles. The smallest absolute Gasteiger partial charge is 0.242 e.